The summed E-state index contributed by atoms with van der Waals surface area (Å²) in [6.45, 7) is 2.39. The van der Waals surface area contributed by atoms with E-state index in [1.165, 1.54) is 0 Å². The maximum Gasteiger partial charge on any atom is 0.271 e. The summed E-state index contributed by atoms with van der Waals surface area (Å²) >= 11 is 7.36. The average molecular weight is 463 g/mol. The van der Waals surface area contributed by atoms with Gasteiger partial charge in [-0.05, 0) is 47.8 Å². The normalized spacial score (nSPS) is 14.6. The van der Waals surface area contributed by atoms with E-state index in [9.17, 15) is 13.2 Å². The summed E-state index contributed by atoms with van der Waals surface area (Å²) in [5, 5.41) is 2.30. The van der Waals surface area contributed by atoms with Gasteiger partial charge in [0.05, 0.1) is 5.02 Å². The van der Waals surface area contributed by atoms with Crippen LogP contribution in [0.3, 0.4) is 0 Å². The van der Waals surface area contributed by atoms with Crippen molar-refractivity contribution < 1.29 is 13.2 Å². The minimum absolute atomic E-state index is 0.0885. The van der Waals surface area contributed by atoms with E-state index in [1.54, 1.807) is 65.0 Å². The number of pyridine rings is 1. The Labute approximate surface area is 184 Å². The highest BCUT2D eigenvalue weighted by atomic mass is 35.5. The Morgan fingerprint density at radius 1 is 1.03 bits per heavy atom. The standard InChI is InChI=1S/C20H19ClN4O3S2/c21-17-3-1-9-22-19(17)24-10-12-25(13-11-24)20(26)15-5-7-16(8-6-15)23-30(27,28)18-4-2-14-29-18/h1-9,14,23H,10-13H2. The summed E-state index contributed by atoms with van der Waals surface area (Å²) in [5.41, 5.74) is 0.924. The number of aromatic nitrogens is 1. The number of hydrogen-bond acceptors (Lipinski definition) is 6. The van der Waals surface area contributed by atoms with Gasteiger partial charge in [-0.15, -0.1) is 11.3 Å². The molecule has 0 bridgehead atoms. The second kappa shape index (κ2) is 8.63. The molecule has 156 valence electrons. The maximum atomic E-state index is 12.8. The molecule has 1 N–H and O–H groups in total. The number of nitrogens with zero attached hydrogens (tertiary/aromatic N) is 3. The second-order valence-electron chi connectivity index (χ2n) is 6.70. The first-order chi connectivity index (χ1) is 14.4. The topological polar surface area (TPSA) is 82.6 Å². The van der Waals surface area contributed by atoms with Crippen LogP contribution in [0.5, 0.6) is 0 Å². The average Bonchev–Trinajstić information content (AvgIpc) is 3.30. The van der Waals surface area contributed by atoms with Gasteiger partial charge in [-0.3, -0.25) is 9.52 Å². The summed E-state index contributed by atoms with van der Waals surface area (Å²) in [5.74, 6) is 0.642. The lowest BCUT2D eigenvalue weighted by Crippen LogP contribution is -2.49. The lowest BCUT2D eigenvalue weighted by molar-refractivity contribution is 0.0746. The fraction of sp³-hybridized carbons (Fsp3) is 0.200. The lowest BCUT2D eigenvalue weighted by atomic mass is 10.1. The second-order valence-corrected chi connectivity index (χ2v) is 9.97. The molecule has 4 rings (SSSR count). The highest BCUT2D eigenvalue weighted by Crippen LogP contribution is 2.24. The fourth-order valence-electron chi connectivity index (χ4n) is 3.22. The summed E-state index contributed by atoms with van der Waals surface area (Å²) in [7, 11) is -3.61. The Hall–Kier alpha value is -2.62. The molecule has 0 radical (unpaired) electrons. The Kier molecular flexibility index (Phi) is 5.94. The van der Waals surface area contributed by atoms with E-state index in [1.807, 2.05) is 0 Å². The van der Waals surface area contributed by atoms with Crippen LogP contribution in [0.2, 0.25) is 5.02 Å². The molecule has 0 spiro atoms. The molecule has 2 aromatic heterocycles. The van der Waals surface area contributed by atoms with Crippen molar-refractivity contribution in [3.63, 3.8) is 0 Å². The van der Waals surface area contributed by atoms with Crippen molar-refractivity contribution >= 4 is 50.4 Å². The molecular formula is C20H19ClN4O3S2. The van der Waals surface area contributed by atoms with Gasteiger partial charge in [0.1, 0.15) is 10.0 Å². The summed E-state index contributed by atoms with van der Waals surface area (Å²) < 4.78 is 27.4. The molecule has 30 heavy (non-hydrogen) atoms. The number of hydrogen-bond donors (Lipinski definition) is 1. The first kappa shape index (κ1) is 20.6. The van der Waals surface area contributed by atoms with Crippen LogP contribution in [0, 0.1) is 0 Å². The van der Waals surface area contributed by atoms with Crippen molar-refractivity contribution in [2.45, 2.75) is 4.21 Å². The third-order valence-corrected chi connectivity index (χ3v) is 7.82. The minimum Gasteiger partial charge on any atom is -0.352 e. The van der Waals surface area contributed by atoms with E-state index in [4.69, 9.17) is 11.6 Å². The van der Waals surface area contributed by atoms with Crippen LogP contribution in [0.15, 0.2) is 64.3 Å². The predicted molar refractivity (Wildman–Crippen MR) is 119 cm³/mol. The van der Waals surface area contributed by atoms with E-state index in [0.29, 0.717) is 42.5 Å². The summed E-state index contributed by atoms with van der Waals surface area (Å²) in [6.07, 6.45) is 1.70. The van der Waals surface area contributed by atoms with E-state index in [-0.39, 0.29) is 10.1 Å². The Morgan fingerprint density at radius 2 is 1.77 bits per heavy atom. The molecule has 1 aliphatic heterocycles. The number of amides is 1. The quantitative estimate of drug-likeness (QED) is 0.626. The number of anilines is 2. The van der Waals surface area contributed by atoms with Crippen LogP contribution in [-0.2, 0) is 10.0 Å². The van der Waals surface area contributed by atoms with Gasteiger partial charge in [-0.2, -0.15) is 0 Å². The van der Waals surface area contributed by atoms with Crippen molar-refractivity contribution in [1.29, 1.82) is 0 Å². The van der Waals surface area contributed by atoms with Crippen molar-refractivity contribution in [2.24, 2.45) is 0 Å². The Bertz CT molecular complexity index is 1130. The molecule has 3 heterocycles. The van der Waals surface area contributed by atoms with Crippen molar-refractivity contribution in [2.75, 3.05) is 35.8 Å². The fourth-order valence-corrected chi connectivity index (χ4v) is 5.51. The highest BCUT2D eigenvalue weighted by Gasteiger charge is 2.24. The van der Waals surface area contributed by atoms with Gasteiger partial charge in [-0.25, -0.2) is 13.4 Å². The molecule has 1 fully saturated rings. The number of rotatable bonds is 5. The Balaban J connectivity index is 1.38. The largest absolute Gasteiger partial charge is 0.352 e. The Morgan fingerprint density at radius 3 is 2.40 bits per heavy atom. The molecule has 3 aromatic rings. The first-order valence-electron chi connectivity index (χ1n) is 9.25. The number of piperazine rings is 1. The molecule has 0 atom stereocenters. The van der Waals surface area contributed by atoms with E-state index < -0.39 is 10.0 Å². The molecule has 1 aromatic carbocycles. The molecule has 0 saturated carbocycles. The zero-order chi connectivity index (χ0) is 21.1. The third kappa shape index (κ3) is 4.43. The molecule has 1 saturated heterocycles. The summed E-state index contributed by atoms with van der Waals surface area (Å²) in [6, 6.07) is 13.3. The van der Waals surface area contributed by atoms with Crippen LogP contribution < -0.4 is 9.62 Å². The van der Waals surface area contributed by atoms with Gasteiger partial charge in [0.2, 0.25) is 0 Å². The van der Waals surface area contributed by atoms with Gasteiger partial charge in [-0.1, -0.05) is 17.7 Å². The zero-order valence-corrected chi connectivity index (χ0v) is 18.3. The van der Waals surface area contributed by atoms with Gasteiger partial charge >= 0.3 is 0 Å². The number of carbonyl (C=O) groups excluding carboxylic acids is 1. The molecule has 1 amide bonds. The first-order valence-corrected chi connectivity index (χ1v) is 12.0. The smallest absolute Gasteiger partial charge is 0.271 e. The lowest BCUT2D eigenvalue weighted by Gasteiger charge is -2.35. The zero-order valence-electron chi connectivity index (χ0n) is 15.9. The van der Waals surface area contributed by atoms with Crippen LogP contribution in [-0.4, -0.2) is 50.4 Å². The van der Waals surface area contributed by atoms with Gasteiger partial charge in [0.25, 0.3) is 15.9 Å². The number of nitrogens with one attached hydrogen (secondary N) is 1. The third-order valence-electron chi connectivity index (χ3n) is 4.75. The van der Waals surface area contributed by atoms with Crippen LogP contribution in [0.4, 0.5) is 11.5 Å². The van der Waals surface area contributed by atoms with Crippen LogP contribution >= 0.6 is 22.9 Å². The molecule has 10 heteroatoms. The molecule has 0 aliphatic carbocycles. The van der Waals surface area contributed by atoms with Crippen LogP contribution in [0.1, 0.15) is 10.4 Å². The monoisotopic (exact) mass is 462 g/mol. The maximum absolute atomic E-state index is 12.8. The van der Waals surface area contributed by atoms with E-state index in [2.05, 4.69) is 14.6 Å². The van der Waals surface area contributed by atoms with E-state index in [0.717, 1.165) is 17.2 Å². The molecular weight excluding hydrogens is 444 g/mol. The number of carbonyl (C=O) groups is 1. The molecule has 7 nitrogen and oxygen atoms in total. The molecule has 0 unspecified atom stereocenters. The van der Waals surface area contributed by atoms with Crippen LogP contribution in [0.25, 0.3) is 0 Å². The number of sulfonamides is 1. The van der Waals surface area contributed by atoms with E-state index >= 15 is 0 Å². The molecule has 1 aliphatic rings. The predicted octanol–water partition coefficient (Wildman–Crippen LogP) is 3.56. The van der Waals surface area contributed by atoms with Crippen molar-refractivity contribution in [3.8, 4) is 0 Å². The highest BCUT2D eigenvalue weighted by molar-refractivity contribution is 7.94. The number of halogens is 1. The van der Waals surface area contributed by atoms with Gasteiger partial charge in [0.15, 0.2) is 0 Å². The van der Waals surface area contributed by atoms with Crippen molar-refractivity contribution in [1.82, 2.24) is 9.88 Å². The van der Waals surface area contributed by atoms with Gasteiger partial charge in [0, 0.05) is 43.6 Å². The number of thiophene rings is 1. The number of benzene rings is 1. The SMILES string of the molecule is O=C(c1ccc(NS(=O)(=O)c2cccs2)cc1)N1CCN(c2ncccc2Cl)CC1. The van der Waals surface area contributed by atoms with Crippen molar-refractivity contribution in [3.05, 3.63) is 70.7 Å². The summed E-state index contributed by atoms with van der Waals surface area (Å²) in [4.78, 5) is 21.0. The minimum atomic E-state index is -3.61. The van der Waals surface area contributed by atoms with Gasteiger partial charge < -0.3 is 9.80 Å².